The maximum absolute atomic E-state index is 13.2. The Labute approximate surface area is 216 Å². The minimum absolute atomic E-state index is 0.00386. The number of furan rings is 1. The highest BCUT2D eigenvalue weighted by Crippen LogP contribution is 2.46. The van der Waals surface area contributed by atoms with Gasteiger partial charge in [0, 0.05) is 19.5 Å². The van der Waals surface area contributed by atoms with Gasteiger partial charge in [-0.2, -0.15) is 0 Å². The molecule has 4 nitrogen and oxygen atoms in total. The molecule has 1 aromatic heterocycles. The second-order valence-corrected chi connectivity index (χ2v) is 11.8. The largest absolute Gasteiger partial charge is 0.496 e. The van der Waals surface area contributed by atoms with E-state index in [2.05, 4.69) is 46.8 Å². The number of ether oxygens (including phenoxy) is 1. The molecule has 1 atom stereocenters. The Morgan fingerprint density at radius 2 is 1.64 bits per heavy atom. The normalized spacial score (nSPS) is 16.8. The minimum atomic E-state index is -0.103. The highest BCUT2D eigenvalue weighted by atomic mass is 16.5. The van der Waals surface area contributed by atoms with Gasteiger partial charge in [-0.3, -0.25) is 4.79 Å². The third-order valence-electron chi connectivity index (χ3n) is 8.24. The molecule has 0 N–H and O–H groups in total. The van der Waals surface area contributed by atoms with Crippen LogP contribution in [0, 0.1) is 6.92 Å². The number of hydrogen-bond donors (Lipinski definition) is 0. The summed E-state index contributed by atoms with van der Waals surface area (Å²) in [4.78, 5) is 15.0. The number of fused-ring (bicyclic) bond motifs is 1. The predicted octanol–water partition coefficient (Wildman–Crippen LogP) is 7.24. The lowest BCUT2D eigenvalue weighted by molar-refractivity contribution is 0.0709. The molecular formula is C32H41NO3. The van der Waals surface area contributed by atoms with Crippen LogP contribution in [0.3, 0.4) is 0 Å². The number of benzene rings is 2. The second kappa shape index (κ2) is 9.80. The Morgan fingerprint density at radius 1 is 1.00 bits per heavy atom. The van der Waals surface area contributed by atoms with Gasteiger partial charge in [-0.05, 0) is 90.0 Å². The number of rotatable bonds is 7. The Kier molecular flexibility index (Phi) is 7.10. The van der Waals surface area contributed by atoms with Crippen LogP contribution in [-0.4, -0.2) is 31.0 Å². The number of para-hydroxylation sites is 1. The summed E-state index contributed by atoms with van der Waals surface area (Å²) in [6.45, 7) is 13.7. The van der Waals surface area contributed by atoms with Gasteiger partial charge in [-0.1, -0.05) is 58.0 Å². The van der Waals surface area contributed by atoms with Gasteiger partial charge in [0.1, 0.15) is 11.5 Å². The molecule has 3 aromatic rings. The SMILES string of the molecule is COc1ccccc1CC(C)N(C)C(=O)c1ccc(Cc2cc3c(cc2C)C(C)(C)CCC3(C)C)o1. The van der Waals surface area contributed by atoms with Crippen LogP contribution < -0.4 is 4.74 Å². The van der Waals surface area contributed by atoms with Crippen molar-refractivity contribution in [3.8, 4) is 5.75 Å². The molecule has 4 heteroatoms. The first-order valence-electron chi connectivity index (χ1n) is 13.0. The Hall–Kier alpha value is -3.01. The molecule has 1 aliphatic rings. The number of nitrogens with zero attached hydrogens (tertiary/aromatic N) is 1. The van der Waals surface area contributed by atoms with Gasteiger partial charge in [-0.15, -0.1) is 0 Å². The summed E-state index contributed by atoms with van der Waals surface area (Å²) in [6, 6.07) is 16.5. The third kappa shape index (κ3) is 5.09. The average Bonchev–Trinajstić information content (AvgIpc) is 3.31. The highest BCUT2D eigenvalue weighted by Gasteiger charge is 2.37. The summed E-state index contributed by atoms with van der Waals surface area (Å²) in [7, 11) is 3.51. The van der Waals surface area contributed by atoms with Crippen LogP contribution in [0.15, 0.2) is 52.9 Å². The number of amides is 1. The van der Waals surface area contributed by atoms with Crippen molar-refractivity contribution in [1.82, 2.24) is 4.90 Å². The first-order valence-corrected chi connectivity index (χ1v) is 13.0. The summed E-state index contributed by atoms with van der Waals surface area (Å²) < 4.78 is 11.6. The lowest BCUT2D eigenvalue weighted by Gasteiger charge is -2.42. The van der Waals surface area contributed by atoms with Crippen molar-refractivity contribution in [1.29, 1.82) is 0 Å². The first-order chi connectivity index (χ1) is 16.9. The zero-order valence-electron chi connectivity index (χ0n) is 23.2. The number of carbonyl (C=O) groups excluding carboxylic acids is 1. The molecule has 0 saturated carbocycles. The number of aryl methyl sites for hydroxylation is 1. The van der Waals surface area contributed by atoms with E-state index < -0.39 is 0 Å². The fourth-order valence-electron chi connectivity index (χ4n) is 5.43. The van der Waals surface area contributed by atoms with Gasteiger partial charge >= 0.3 is 0 Å². The molecule has 0 spiro atoms. The highest BCUT2D eigenvalue weighted by molar-refractivity contribution is 5.91. The van der Waals surface area contributed by atoms with Gasteiger partial charge in [0.2, 0.25) is 0 Å². The van der Waals surface area contributed by atoms with Crippen LogP contribution in [0.2, 0.25) is 0 Å². The van der Waals surface area contributed by atoms with Crippen LogP contribution in [0.4, 0.5) is 0 Å². The van der Waals surface area contributed by atoms with E-state index in [1.807, 2.05) is 50.4 Å². The van der Waals surface area contributed by atoms with Gasteiger partial charge in [0.25, 0.3) is 5.91 Å². The lowest BCUT2D eigenvalue weighted by Crippen LogP contribution is -2.36. The molecule has 0 radical (unpaired) electrons. The van der Waals surface area contributed by atoms with Crippen molar-refractivity contribution < 1.29 is 13.9 Å². The van der Waals surface area contributed by atoms with E-state index in [0.717, 1.165) is 17.1 Å². The Bertz CT molecular complexity index is 1250. The van der Waals surface area contributed by atoms with Crippen molar-refractivity contribution in [2.75, 3.05) is 14.2 Å². The Morgan fingerprint density at radius 3 is 2.31 bits per heavy atom. The maximum atomic E-state index is 13.2. The van der Waals surface area contributed by atoms with E-state index in [4.69, 9.17) is 9.15 Å². The third-order valence-corrected chi connectivity index (χ3v) is 8.24. The Balaban J connectivity index is 1.51. The summed E-state index contributed by atoms with van der Waals surface area (Å²) in [5.74, 6) is 1.95. The standard InChI is InChI=1S/C32H41NO3/c1-21-17-26-27(32(5,6)16-15-31(26,3)4)20-24(21)19-25-13-14-29(36-25)30(34)33(7)22(2)18-23-11-9-10-12-28(23)35-8/h9-14,17,20,22H,15-16,18-19H2,1-8H3. The van der Waals surface area contributed by atoms with E-state index in [1.54, 1.807) is 12.0 Å². The summed E-state index contributed by atoms with van der Waals surface area (Å²) in [5, 5.41) is 0. The molecule has 1 unspecified atom stereocenters. The molecule has 0 aliphatic heterocycles. The van der Waals surface area contributed by atoms with Gasteiger partial charge in [-0.25, -0.2) is 0 Å². The fraction of sp³-hybridized carbons (Fsp3) is 0.469. The zero-order chi connectivity index (χ0) is 26.3. The lowest BCUT2D eigenvalue weighted by atomic mass is 9.62. The van der Waals surface area contributed by atoms with Crippen molar-refractivity contribution in [2.24, 2.45) is 0 Å². The number of hydrogen-bond acceptors (Lipinski definition) is 3. The molecule has 36 heavy (non-hydrogen) atoms. The zero-order valence-corrected chi connectivity index (χ0v) is 23.2. The van der Waals surface area contributed by atoms with E-state index in [0.29, 0.717) is 18.6 Å². The van der Waals surface area contributed by atoms with Crippen LogP contribution in [0.1, 0.15) is 91.6 Å². The number of carbonyl (C=O) groups is 1. The van der Waals surface area contributed by atoms with Crippen molar-refractivity contribution >= 4 is 5.91 Å². The van der Waals surface area contributed by atoms with Crippen molar-refractivity contribution in [3.63, 3.8) is 0 Å². The monoisotopic (exact) mass is 487 g/mol. The maximum Gasteiger partial charge on any atom is 0.289 e. The van der Waals surface area contributed by atoms with Crippen LogP contribution in [0.5, 0.6) is 5.75 Å². The number of likely N-dealkylation sites (N-methyl/N-ethyl adjacent to an activating group) is 1. The molecular weight excluding hydrogens is 446 g/mol. The first kappa shape index (κ1) is 26.1. The molecule has 0 fully saturated rings. The van der Waals surface area contributed by atoms with Gasteiger partial charge in [0.15, 0.2) is 5.76 Å². The summed E-state index contributed by atoms with van der Waals surface area (Å²) in [5.41, 5.74) is 6.92. The minimum Gasteiger partial charge on any atom is -0.496 e. The van der Waals surface area contributed by atoms with Crippen LogP contribution in [0.25, 0.3) is 0 Å². The van der Waals surface area contributed by atoms with Crippen molar-refractivity contribution in [2.45, 2.75) is 84.1 Å². The van der Waals surface area contributed by atoms with Crippen molar-refractivity contribution in [3.05, 3.63) is 87.9 Å². The van der Waals surface area contributed by atoms with Gasteiger partial charge in [0.05, 0.1) is 7.11 Å². The summed E-state index contributed by atoms with van der Waals surface area (Å²) >= 11 is 0. The van der Waals surface area contributed by atoms with E-state index in [-0.39, 0.29) is 22.8 Å². The van der Waals surface area contributed by atoms with Crippen LogP contribution in [-0.2, 0) is 23.7 Å². The average molecular weight is 488 g/mol. The molecule has 1 amide bonds. The van der Waals surface area contributed by atoms with Crippen LogP contribution >= 0.6 is 0 Å². The second-order valence-electron chi connectivity index (χ2n) is 11.8. The summed E-state index contributed by atoms with van der Waals surface area (Å²) in [6.07, 6.45) is 3.79. The fourth-order valence-corrected chi connectivity index (χ4v) is 5.43. The smallest absolute Gasteiger partial charge is 0.289 e. The molecule has 2 aromatic carbocycles. The molecule has 1 heterocycles. The molecule has 4 rings (SSSR count). The number of methoxy groups -OCH3 is 1. The topological polar surface area (TPSA) is 42.7 Å². The molecule has 1 aliphatic carbocycles. The van der Waals surface area contributed by atoms with Gasteiger partial charge < -0.3 is 14.1 Å². The molecule has 0 saturated heterocycles. The van der Waals surface area contributed by atoms with E-state index in [1.165, 1.54) is 35.1 Å². The van der Waals surface area contributed by atoms with E-state index in [9.17, 15) is 4.79 Å². The molecule has 0 bridgehead atoms. The predicted molar refractivity (Wildman–Crippen MR) is 146 cm³/mol. The van der Waals surface area contributed by atoms with E-state index >= 15 is 0 Å². The quantitative estimate of drug-likeness (QED) is 0.353. The molecule has 192 valence electrons.